The van der Waals surface area contributed by atoms with E-state index in [9.17, 15) is 14.7 Å². The van der Waals surface area contributed by atoms with Crippen LogP contribution in [0.25, 0.3) is 0 Å². The smallest absolute Gasteiger partial charge is 0.225 e. The molecule has 0 saturated carbocycles. The molecule has 3 atom stereocenters. The van der Waals surface area contributed by atoms with Gasteiger partial charge in [-0.25, -0.2) is 0 Å². The molecule has 5 N–H and O–H groups in total. The lowest BCUT2D eigenvalue weighted by molar-refractivity contribution is -0.126. The number of carbonyl (C=O) groups is 2. The highest BCUT2D eigenvalue weighted by Gasteiger charge is 2.36. The third-order valence-electron chi connectivity index (χ3n) is 3.78. The van der Waals surface area contributed by atoms with Crippen LogP contribution in [0.1, 0.15) is 33.1 Å². The van der Waals surface area contributed by atoms with E-state index in [0.29, 0.717) is 5.57 Å². The standard InChI is InChI=1S/C14H22N2O3/c1-7(2)9-5-4-8(3)12(13(9)18)10(14(16)19)6-11(15)17/h9-10,13,18H,1,4-6H2,2-3H3,(H2,15,17)(H2,16,19)/t9-,10?,13?/m0/s1. The molecule has 0 radical (unpaired) electrons. The molecule has 1 aliphatic rings. The van der Waals surface area contributed by atoms with Gasteiger partial charge in [0.2, 0.25) is 11.8 Å². The summed E-state index contributed by atoms with van der Waals surface area (Å²) in [5.41, 5.74) is 12.8. The molecule has 5 nitrogen and oxygen atoms in total. The summed E-state index contributed by atoms with van der Waals surface area (Å²) in [5.74, 6) is -2.16. The minimum absolute atomic E-state index is 0.103. The Kier molecular flexibility index (Phi) is 4.89. The van der Waals surface area contributed by atoms with E-state index in [1.54, 1.807) is 0 Å². The fourth-order valence-electron chi connectivity index (χ4n) is 2.73. The zero-order chi connectivity index (χ0) is 14.7. The van der Waals surface area contributed by atoms with E-state index in [1.807, 2.05) is 13.8 Å². The highest BCUT2D eigenvalue weighted by Crippen LogP contribution is 2.37. The van der Waals surface area contributed by atoms with E-state index in [0.717, 1.165) is 24.0 Å². The van der Waals surface area contributed by atoms with E-state index in [-0.39, 0.29) is 12.3 Å². The lowest BCUT2D eigenvalue weighted by Gasteiger charge is -2.34. The first-order valence-electron chi connectivity index (χ1n) is 6.36. The molecule has 5 heteroatoms. The van der Waals surface area contributed by atoms with Crippen molar-refractivity contribution < 1.29 is 14.7 Å². The fourth-order valence-corrected chi connectivity index (χ4v) is 2.73. The molecule has 1 aliphatic carbocycles. The SMILES string of the molecule is C=C(C)[C@@H]1CCC(C)=C(C(CC(N)=O)C(N)=O)C1O. The van der Waals surface area contributed by atoms with E-state index < -0.39 is 23.8 Å². The van der Waals surface area contributed by atoms with Crippen molar-refractivity contribution in [2.45, 2.75) is 39.2 Å². The normalized spacial score (nSPS) is 25.0. The summed E-state index contributed by atoms with van der Waals surface area (Å²) < 4.78 is 0. The van der Waals surface area contributed by atoms with Gasteiger partial charge in [0.15, 0.2) is 0 Å². The first-order valence-corrected chi connectivity index (χ1v) is 6.36. The Hall–Kier alpha value is -1.62. The minimum atomic E-state index is -0.824. The van der Waals surface area contributed by atoms with Gasteiger partial charge in [0.25, 0.3) is 0 Å². The predicted molar refractivity (Wildman–Crippen MR) is 72.7 cm³/mol. The van der Waals surface area contributed by atoms with Crippen LogP contribution in [-0.4, -0.2) is 23.0 Å². The Balaban J connectivity index is 3.14. The molecule has 0 heterocycles. The average molecular weight is 266 g/mol. The van der Waals surface area contributed by atoms with Crippen LogP contribution >= 0.6 is 0 Å². The minimum Gasteiger partial charge on any atom is -0.388 e. The molecule has 19 heavy (non-hydrogen) atoms. The van der Waals surface area contributed by atoms with Crippen LogP contribution in [0.5, 0.6) is 0 Å². The Labute approximate surface area is 113 Å². The van der Waals surface area contributed by atoms with Crippen molar-refractivity contribution in [3.8, 4) is 0 Å². The van der Waals surface area contributed by atoms with Gasteiger partial charge in [-0.05, 0) is 32.3 Å². The Bertz CT molecular complexity index is 440. The van der Waals surface area contributed by atoms with Crippen molar-refractivity contribution in [1.29, 1.82) is 0 Å². The topological polar surface area (TPSA) is 106 Å². The average Bonchev–Trinajstić information content (AvgIpc) is 2.26. The van der Waals surface area contributed by atoms with E-state index in [2.05, 4.69) is 6.58 Å². The zero-order valence-corrected chi connectivity index (χ0v) is 11.5. The number of nitrogens with two attached hydrogens (primary N) is 2. The zero-order valence-electron chi connectivity index (χ0n) is 11.5. The molecule has 0 aromatic heterocycles. The summed E-state index contributed by atoms with van der Waals surface area (Å²) in [6.07, 6.45) is 0.561. The third-order valence-corrected chi connectivity index (χ3v) is 3.78. The number of amides is 2. The van der Waals surface area contributed by atoms with E-state index in [4.69, 9.17) is 11.5 Å². The van der Waals surface area contributed by atoms with Gasteiger partial charge in [-0.3, -0.25) is 9.59 Å². The number of primary amides is 2. The molecule has 2 unspecified atom stereocenters. The molecule has 2 amide bonds. The van der Waals surface area contributed by atoms with Crippen molar-refractivity contribution in [2.75, 3.05) is 0 Å². The van der Waals surface area contributed by atoms with Gasteiger partial charge in [-0.2, -0.15) is 0 Å². The summed E-state index contributed by atoms with van der Waals surface area (Å²) in [5, 5.41) is 10.4. The van der Waals surface area contributed by atoms with Crippen molar-refractivity contribution in [3.63, 3.8) is 0 Å². The Morgan fingerprint density at radius 3 is 2.47 bits per heavy atom. The summed E-state index contributed by atoms with van der Waals surface area (Å²) in [4.78, 5) is 22.6. The maximum absolute atomic E-state index is 11.5. The Morgan fingerprint density at radius 2 is 2.05 bits per heavy atom. The number of rotatable bonds is 5. The second-order valence-corrected chi connectivity index (χ2v) is 5.30. The number of hydrogen-bond acceptors (Lipinski definition) is 3. The highest BCUT2D eigenvalue weighted by atomic mass is 16.3. The van der Waals surface area contributed by atoms with Crippen LogP contribution in [0.2, 0.25) is 0 Å². The van der Waals surface area contributed by atoms with E-state index in [1.165, 1.54) is 0 Å². The molecule has 106 valence electrons. The molecule has 0 aromatic carbocycles. The van der Waals surface area contributed by atoms with E-state index >= 15 is 0 Å². The van der Waals surface area contributed by atoms with Gasteiger partial charge >= 0.3 is 0 Å². The van der Waals surface area contributed by atoms with Crippen molar-refractivity contribution in [2.24, 2.45) is 23.3 Å². The third kappa shape index (κ3) is 3.44. The largest absolute Gasteiger partial charge is 0.388 e. The fraction of sp³-hybridized carbons (Fsp3) is 0.571. The molecule has 0 aliphatic heterocycles. The van der Waals surface area contributed by atoms with Gasteiger partial charge in [0.05, 0.1) is 12.0 Å². The van der Waals surface area contributed by atoms with Crippen LogP contribution in [0.3, 0.4) is 0 Å². The molecule has 0 fully saturated rings. The summed E-state index contributed by atoms with van der Waals surface area (Å²) in [6, 6.07) is 0. The van der Waals surface area contributed by atoms with Crippen molar-refractivity contribution >= 4 is 11.8 Å². The quantitative estimate of drug-likeness (QED) is 0.635. The van der Waals surface area contributed by atoms with Crippen LogP contribution in [0.4, 0.5) is 0 Å². The summed E-state index contributed by atoms with van der Waals surface area (Å²) in [7, 11) is 0. The molecular weight excluding hydrogens is 244 g/mol. The highest BCUT2D eigenvalue weighted by molar-refractivity contribution is 5.86. The lowest BCUT2D eigenvalue weighted by Crippen LogP contribution is -2.38. The van der Waals surface area contributed by atoms with Gasteiger partial charge < -0.3 is 16.6 Å². The van der Waals surface area contributed by atoms with Crippen molar-refractivity contribution in [1.82, 2.24) is 0 Å². The van der Waals surface area contributed by atoms with Gasteiger partial charge in [0, 0.05) is 12.3 Å². The van der Waals surface area contributed by atoms with Crippen LogP contribution in [-0.2, 0) is 9.59 Å². The number of hydrogen-bond donors (Lipinski definition) is 3. The number of carbonyl (C=O) groups excluding carboxylic acids is 2. The van der Waals surface area contributed by atoms with Gasteiger partial charge in [-0.15, -0.1) is 0 Å². The molecular formula is C14H22N2O3. The first-order chi connectivity index (χ1) is 8.75. The monoisotopic (exact) mass is 266 g/mol. The maximum atomic E-state index is 11.5. The van der Waals surface area contributed by atoms with Crippen molar-refractivity contribution in [3.05, 3.63) is 23.3 Å². The number of aliphatic hydroxyl groups excluding tert-OH is 1. The Morgan fingerprint density at radius 1 is 1.47 bits per heavy atom. The second-order valence-electron chi connectivity index (χ2n) is 5.30. The van der Waals surface area contributed by atoms with Crippen LogP contribution in [0, 0.1) is 11.8 Å². The maximum Gasteiger partial charge on any atom is 0.225 e. The molecule has 0 saturated heterocycles. The number of aliphatic hydroxyl groups is 1. The van der Waals surface area contributed by atoms with Gasteiger partial charge in [-0.1, -0.05) is 17.7 Å². The number of allylic oxidation sites excluding steroid dienone is 1. The molecule has 0 spiro atoms. The van der Waals surface area contributed by atoms with Crippen LogP contribution < -0.4 is 11.5 Å². The molecule has 0 bridgehead atoms. The molecule has 0 aromatic rings. The van der Waals surface area contributed by atoms with Crippen LogP contribution in [0.15, 0.2) is 23.3 Å². The first kappa shape index (κ1) is 15.4. The summed E-state index contributed by atoms with van der Waals surface area (Å²) in [6.45, 7) is 7.56. The predicted octanol–water partition coefficient (Wildman–Crippen LogP) is 0.627. The lowest BCUT2D eigenvalue weighted by atomic mass is 9.73. The second kappa shape index (κ2) is 6.02. The summed E-state index contributed by atoms with van der Waals surface area (Å²) >= 11 is 0. The molecule has 1 rings (SSSR count). The van der Waals surface area contributed by atoms with Gasteiger partial charge in [0.1, 0.15) is 0 Å².